The van der Waals surface area contributed by atoms with Crippen LogP contribution in [0.3, 0.4) is 0 Å². The van der Waals surface area contributed by atoms with Crippen LogP contribution in [-0.2, 0) is 19.1 Å². The van der Waals surface area contributed by atoms with E-state index >= 15 is 0 Å². The molecule has 6 nitrogen and oxygen atoms in total. The number of carbonyl (C=O) groups excluding carboxylic acids is 2. The van der Waals surface area contributed by atoms with Gasteiger partial charge < -0.3 is 19.7 Å². The topological polar surface area (TPSA) is 93.1 Å². The number of hydrogen-bond donors (Lipinski definition) is 2. The first-order valence-electron chi connectivity index (χ1n) is 15.0. The molecule has 6 rings (SSSR count). The molecule has 7 atom stereocenters. The summed E-state index contributed by atoms with van der Waals surface area (Å²) in [5.74, 6) is 1.35. The molecule has 0 amide bonds. The SMILES string of the molecule is CCC(C)C(=O)OC1(CC)CC2CCC1C2(C)C.CCC(C)C(=O)OC12CC3CC(O)(CC(O)(C3)C1)C2. The van der Waals surface area contributed by atoms with Crippen LogP contribution in [0.1, 0.15) is 126 Å². The Morgan fingerprint density at radius 3 is 1.76 bits per heavy atom. The Hall–Kier alpha value is -1.14. The number of esters is 2. The molecule has 6 bridgehead atoms. The minimum atomic E-state index is -0.829. The molecule has 2 N–H and O–H groups in total. The molecule has 212 valence electrons. The minimum absolute atomic E-state index is 0.0164. The molecule has 0 aromatic carbocycles. The fourth-order valence-electron chi connectivity index (χ4n) is 9.15. The van der Waals surface area contributed by atoms with Gasteiger partial charge in [0.05, 0.1) is 23.0 Å². The van der Waals surface area contributed by atoms with Crippen LogP contribution in [0.15, 0.2) is 0 Å². The third kappa shape index (κ3) is 5.23. The molecule has 6 aliphatic rings. The van der Waals surface area contributed by atoms with E-state index < -0.39 is 16.8 Å². The van der Waals surface area contributed by atoms with Crippen molar-refractivity contribution in [2.75, 3.05) is 0 Å². The van der Waals surface area contributed by atoms with Crippen LogP contribution in [0.4, 0.5) is 0 Å². The molecule has 6 fully saturated rings. The molecule has 0 aromatic heterocycles. The Labute approximate surface area is 224 Å². The number of ether oxygens (including phenoxy) is 2. The highest BCUT2D eigenvalue weighted by molar-refractivity contribution is 5.73. The maximum atomic E-state index is 12.2. The number of rotatable bonds is 7. The van der Waals surface area contributed by atoms with Crippen LogP contribution >= 0.6 is 0 Å². The van der Waals surface area contributed by atoms with Gasteiger partial charge in [0.15, 0.2) is 0 Å². The number of aliphatic hydroxyl groups is 2. The summed E-state index contributed by atoms with van der Waals surface area (Å²) in [6.45, 7) is 14.8. The van der Waals surface area contributed by atoms with Crippen LogP contribution in [0, 0.1) is 35.0 Å². The van der Waals surface area contributed by atoms with Crippen LogP contribution in [0.5, 0.6) is 0 Å². The van der Waals surface area contributed by atoms with Gasteiger partial charge in [0.2, 0.25) is 0 Å². The Kier molecular flexibility index (Phi) is 7.64. The van der Waals surface area contributed by atoms with Crippen molar-refractivity contribution >= 4 is 11.9 Å². The Morgan fingerprint density at radius 2 is 1.35 bits per heavy atom. The van der Waals surface area contributed by atoms with Crippen molar-refractivity contribution < 1.29 is 29.3 Å². The number of hydrogen-bond acceptors (Lipinski definition) is 6. The second-order valence-corrected chi connectivity index (χ2v) is 14.4. The van der Waals surface area contributed by atoms with Crippen molar-refractivity contribution in [1.82, 2.24) is 0 Å². The third-order valence-electron chi connectivity index (χ3n) is 11.2. The summed E-state index contributed by atoms with van der Waals surface area (Å²) in [5, 5.41) is 21.2. The monoisotopic (exact) mass is 520 g/mol. The molecule has 0 saturated heterocycles. The molecular weight excluding hydrogens is 468 g/mol. The number of fused-ring (bicyclic) bond motifs is 2. The Balaban J connectivity index is 0.000000173. The van der Waals surface area contributed by atoms with Gasteiger partial charge in [-0.15, -0.1) is 0 Å². The fraction of sp³-hybridized carbons (Fsp3) is 0.935. The van der Waals surface area contributed by atoms with Gasteiger partial charge in [-0.2, -0.15) is 0 Å². The van der Waals surface area contributed by atoms with E-state index in [1.54, 1.807) is 0 Å². The second kappa shape index (κ2) is 9.80. The maximum Gasteiger partial charge on any atom is 0.309 e. The summed E-state index contributed by atoms with van der Waals surface area (Å²) in [4.78, 5) is 24.2. The highest BCUT2D eigenvalue weighted by atomic mass is 16.6. The summed E-state index contributed by atoms with van der Waals surface area (Å²) >= 11 is 0. The van der Waals surface area contributed by atoms with E-state index in [1.807, 2.05) is 20.8 Å². The first-order chi connectivity index (χ1) is 17.1. The highest BCUT2D eigenvalue weighted by Gasteiger charge is 2.65. The largest absolute Gasteiger partial charge is 0.459 e. The molecule has 0 heterocycles. The Bertz CT molecular complexity index is 863. The molecule has 0 aromatic rings. The van der Waals surface area contributed by atoms with Gasteiger partial charge >= 0.3 is 11.9 Å². The lowest BCUT2D eigenvalue weighted by Gasteiger charge is -2.62. The van der Waals surface area contributed by atoms with E-state index in [1.165, 1.54) is 12.8 Å². The zero-order valence-electron chi connectivity index (χ0n) is 24.4. The van der Waals surface area contributed by atoms with E-state index in [4.69, 9.17) is 9.47 Å². The van der Waals surface area contributed by atoms with Gasteiger partial charge in [0.25, 0.3) is 0 Å². The molecule has 6 heteroatoms. The van der Waals surface area contributed by atoms with Crippen LogP contribution in [0.25, 0.3) is 0 Å². The van der Waals surface area contributed by atoms with Crippen molar-refractivity contribution in [3.63, 3.8) is 0 Å². The van der Waals surface area contributed by atoms with Crippen LogP contribution < -0.4 is 0 Å². The average Bonchev–Trinajstić information content (AvgIpc) is 3.19. The Morgan fingerprint density at radius 1 is 0.811 bits per heavy atom. The molecule has 6 aliphatic carbocycles. The number of carbonyl (C=O) groups is 2. The van der Waals surface area contributed by atoms with Gasteiger partial charge in [-0.05, 0) is 75.0 Å². The summed E-state index contributed by atoms with van der Waals surface area (Å²) in [6, 6.07) is 0. The van der Waals surface area contributed by atoms with Gasteiger partial charge in [0, 0.05) is 25.2 Å². The van der Waals surface area contributed by atoms with Crippen molar-refractivity contribution in [1.29, 1.82) is 0 Å². The zero-order valence-corrected chi connectivity index (χ0v) is 24.4. The molecule has 6 saturated carbocycles. The minimum Gasteiger partial charge on any atom is -0.459 e. The molecule has 0 radical (unpaired) electrons. The second-order valence-electron chi connectivity index (χ2n) is 14.4. The lowest BCUT2D eigenvalue weighted by molar-refractivity contribution is -0.262. The molecular formula is C31H52O6. The van der Waals surface area contributed by atoms with Crippen LogP contribution in [0.2, 0.25) is 0 Å². The molecule has 7 unspecified atom stereocenters. The molecule has 0 spiro atoms. The maximum absolute atomic E-state index is 12.2. The van der Waals surface area contributed by atoms with Crippen molar-refractivity contribution in [3.05, 3.63) is 0 Å². The van der Waals surface area contributed by atoms with Crippen molar-refractivity contribution in [3.8, 4) is 0 Å². The van der Waals surface area contributed by atoms with Crippen molar-refractivity contribution in [2.45, 2.75) is 148 Å². The fourth-order valence-corrected chi connectivity index (χ4v) is 9.15. The first-order valence-corrected chi connectivity index (χ1v) is 15.0. The molecule has 0 aliphatic heterocycles. The summed E-state index contributed by atoms with van der Waals surface area (Å²) in [7, 11) is 0. The van der Waals surface area contributed by atoms with Gasteiger partial charge in [0.1, 0.15) is 11.2 Å². The van der Waals surface area contributed by atoms with E-state index in [2.05, 4.69) is 27.7 Å². The van der Waals surface area contributed by atoms with E-state index in [0.717, 1.165) is 50.9 Å². The van der Waals surface area contributed by atoms with Gasteiger partial charge in [-0.3, -0.25) is 9.59 Å². The normalized spacial score (nSPS) is 44.1. The summed E-state index contributed by atoms with van der Waals surface area (Å²) in [5.41, 5.74) is -2.09. The smallest absolute Gasteiger partial charge is 0.309 e. The predicted octanol–water partition coefficient (Wildman–Crippen LogP) is 5.95. The third-order valence-corrected chi connectivity index (χ3v) is 11.2. The standard InChI is InChI=1S/C16H28O2.C15H24O4/c1-6-11(3)14(17)18-16(7-2)10-12-8-9-13(16)15(12,4)5;1-3-10(2)12(16)19-15-6-11-4-13(17,8-15)7-14(18,5-11)9-15/h11-13H,6-10H2,1-5H3;10-11,17-18H,3-9H2,1-2H3. The zero-order chi connectivity index (χ0) is 27.4. The van der Waals surface area contributed by atoms with Crippen molar-refractivity contribution in [2.24, 2.45) is 35.0 Å². The van der Waals surface area contributed by atoms with Gasteiger partial charge in [-0.25, -0.2) is 0 Å². The summed E-state index contributed by atoms with van der Waals surface area (Å²) < 4.78 is 11.8. The van der Waals surface area contributed by atoms with E-state index in [-0.39, 0.29) is 35.3 Å². The van der Waals surface area contributed by atoms with Crippen LogP contribution in [-0.4, -0.2) is 44.6 Å². The first kappa shape index (κ1) is 28.9. The highest BCUT2D eigenvalue weighted by Crippen LogP contribution is 2.64. The van der Waals surface area contributed by atoms with E-state index in [0.29, 0.717) is 30.6 Å². The predicted molar refractivity (Wildman–Crippen MR) is 143 cm³/mol. The lowest BCUT2D eigenvalue weighted by atomic mass is 9.50. The van der Waals surface area contributed by atoms with Gasteiger partial charge in [-0.1, -0.05) is 48.5 Å². The summed E-state index contributed by atoms with van der Waals surface area (Å²) in [6.07, 6.45) is 9.99. The molecule has 37 heavy (non-hydrogen) atoms. The quantitative estimate of drug-likeness (QED) is 0.403. The van der Waals surface area contributed by atoms with E-state index in [9.17, 15) is 19.8 Å². The lowest BCUT2D eigenvalue weighted by Crippen LogP contribution is -2.67. The average molecular weight is 521 g/mol.